The highest BCUT2D eigenvalue weighted by atomic mass is 15.1. The monoisotopic (exact) mass is 394 g/mol. The van der Waals surface area contributed by atoms with E-state index in [9.17, 15) is 0 Å². The Morgan fingerprint density at radius 3 is 1.64 bits per heavy atom. The van der Waals surface area contributed by atoms with Gasteiger partial charge in [0.05, 0.1) is 0 Å². The molecule has 2 aliphatic heterocycles. The highest BCUT2D eigenvalue weighted by Crippen LogP contribution is 2.36. The number of rotatable bonds is 9. The van der Waals surface area contributed by atoms with Gasteiger partial charge < -0.3 is 21.3 Å². The summed E-state index contributed by atoms with van der Waals surface area (Å²) in [6.45, 7) is 23.5. The van der Waals surface area contributed by atoms with Gasteiger partial charge in [0.15, 0.2) is 0 Å². The molecule has 0 aliphatic carbocycles. The average molecular weight is 395 g/mol. The largest absolute Gasteiger partial charge is 0.316 e. The fourth-order valence-electron chi connectivity index (χ4n) is 6.14. The van der Waals surface area contributed by atoms with Crippen molar-refractivity contribution in [1.82, 2.24) is 21.3 Å². The van der Waals surface area contributed by atoms with Crippen molar-refractivity contribution in [2.75, 3.05) is 26.2 Å². The van der Waals surface area contributed by atoms with Crippen molar-refractivity contribution in [1.29, 1.82) is 0 Å². The molecular weight excluding hydrogens is 344 g/mol. The lowest BCUT2D eigenvalue weighted by Crippen LogP contribution is -2.62. The van der Waals surface area contributed by atoms with E-state index in [-0.39, 0.29) is 11.1 Å². The van der Waals surface area contributed by atoms with Crippen LogP contribution in [-0.2, 0) is 0 Å². The van der Waals surface area contributed by atoms with Crippen LogP contribution in [0.1, 0.15) is 93.9 Å². The molecule has 0 aromatic heterocycles. The van der Waals surface area contributed by atoms with Crippen molar-refractivity contribution < 1.29 is 0 Å². The van der Waals surface area contributed by atoms with Crippen molar-refractivity contribution in [3.63, 3.8) is 0 Å². The Labute approximate surface area is 175 Å². The molecule has 4 heteroatoms. The van der Waals surface area contributed by atoms with Crippen LogP contribution in [0.25, 0.3) is 0 Å². The third-order valence-electron chi connectivity index (χ3n) is 6.80. The Hall–Kier alpha value is -0.160. The summed E-state index contributed by atoms with van der Waals surface area (Å²) in [4.78, 5) is 0. The molecule has 0 bridgehead atoms. The maximum atomic E-state index is 3.90. The van der Waals surface area contributed by atoms with Gasteiger partial charge in [-0.1, -0.05) is 40.5 Å². The minimum atomic E-state index is 0.237. The minimum absolute atomic E-state index is 0.237. The molecule has 0 aromatic rings. The molecule has 0 saturated carbocycles. The van der Waals surface area contributed by atoms with E-state index in [2.05, 4.69) is 76.7 Å². The summed E-state index contributed by atoms with van der Waals surface area (Å²) in [5.41, 5.74) is 1.12. The fourth-order valence-corrected chi connectivity index (χ4v) is 6.14. The molecule has 0 aromatic carbocycles. The Bertz CT molecular complexity index is 449. The molecule has 0 amide bonds. The second kappa shape index (κ2) is 9.32. The van der Waals surface area contributed by atoms with Gasteiger partial charge in [-0.3, -0.25) is 0 Å². The molecule has 4 nitrogen and oxygen atoms in total. The Morgan fingerprint density at radius 2 is 1.14 bits per heavy atom. The lowest BCUT2D eigenvalue weighted by atomic mass is 9.67. The van der Waals surface area contributed by atoms with Crippen LogP contribution in [-0.4, -0.2) is 49.3 Å². The zero-order chi connectivity index (χ0) is 21.1. The molecule has 166 valence electrons. The van der Waals surface area contributed by atoms with Crippen LogP contribution in [0, 0.1) is 10.8 Å². The number of unbranched alkanes of at least 4 members (excludes halogenated alkanes) is 3. The minimum Gasteiger partial charge on any atom is -0.316 e. The molecule has 0 atom stereocenters. The molecule has 2 saturated heterocycles. The maximum absolute atomic E-state index is 3.90. The first-order valence-corrected chi connectivity index (χ1v) is 11.8. The summed E-state index contributed by atoms with van der Waals surface area (Å²) in [7, 11) is 0. The Morgan fingerprint density at radius 1 is 0.679 bits per heavy atom. The van der Waals surface area contributed by atoms with Crippen molar-refractivity contribution in [3.05, 3.63) is 0 Å². The van der Waals surface area contributed by atoms with Gasteiger partial charge in [0.1, 0.15) is 0 Å². The van der Waals surface area contributed by atoms with Crippen molar-refractivity contribution in [2.24, 2.45) is 10.8 Å². The molecule has 28 heavy (non-hydrogen) atoms. The van der Waals surface area contributed by atoms with Gasteiger partial charge in [0.2, 0.25) is 0 Å². The molecule has 0 spiro atoms. The van der Waals surface area contributed by atoms with Gasteiger partial charge in [0.25, 0.3) is 0 Å². The first-order valence-electron chi connectivity index (χ1n) is 11.8. The molecule has 2 heterocycles. The molecule has 2 rings (SSSR count). The average Bonchev–Trinajstić information content (AvgIpc) is 2.48. The predicted molar refractivity (Wildman–Crippen MR) is 123 cm³/mol. The normalized spacial score (nSPS) is 27.0. The van der Waals surface area contributed by atoms with Crippen molar-refractivity contribution in [2.45, 2.75) is 117 Å². The summed E-state index contributed by atoms with van der Waals surface area (Å²) in [6, 6.07) is 1.24. The third-order valence-corrected chi connectivity index (χ3v) is 6.80. The quantitative estimate of drug-likeness (QED) is 0.446. The molecule has 2 aliphatic rings. The lowest BCUT2D eigenvalue weighted by Gasteiger charge is -2.50. The Kier molecular flexibility index (Phi) is 8.03. The van der Waals surface area contributed by atoms with Crippen LogP contribution in [0.4, 0.5) is 0 Å². The first-order chi connectivity index (χ1) is 12.8. The predicted octanol–water partition coefficient (Wildman–Crippen LogP) is 4.06. The summed E-state index contributed by atoms with van der Waals surface area (Å²) >= 11 is 0. The summed E-state index contributed by atoms with van der Waals surface area (Å²) < 4.78 is 0. The van der Waals surface area contributed by atoms with Gasteiger partial charge in [-0.15, -0.1) is 0 Å². The molecule has 2 fully saturated rings. The van der Waals surface area contributed by atoms with Crippen LogP contribution in [0.15, 0.2) is 0 Å². The van der Waals surface area contributed by atoms with Crippen LogP contribution in [0.2, 0.25) is 0 Å². The second-order valence-corrected chi connectivity index (χ2v) is 12.3. The number of nitrogens with one attached hydrogen (secondary N) is 4. The third kappa shape index (κ3) is 7.27. The van der Waals surface area contributed by atoms with E-state index in [1.807, 2.05) is 0 Å². The van der Waals surface area contributed by atoms with E-state index in [0.717, 1.165) is 19.6 Å². The second-order valence-electron chi connectivity index (χ2n) is 12.3. The van der Waals surface area contributed by atoms with Crippen LogP contribution >= 0.6 is 0 Å². The van der Waals surface area contributed by atoms with Gasteiger partial charge in [0, 0.05) is 36.3 Å². The summed E-state index contributed by atoms with van der Waals surface area (Å²) in [5.74, 6) is 0. The number of piperidine rings is 2. The van der Waals surface area contributed by atoms with Gasteiger partial charge >= 0.3 is 0 Å². The summed E-state index contributed by atoms with van der Waals surface area (Å²) in [6.07, 6.45) is 7.72. The Balaban J connectivity index is 1.57. The van der Waals surface area contributed by atoms with Crippen molar-refractivity contribution >= 4 is 0 Å². The summed E-state index contributed by atoms with van der Waals surface area (Å²) in [5, 5.41) is 15.1. The highest BCUT2D eigenvalue weighted by molar-refractivity contribution is 5.01. The molecular formula is C24H50N4. The van der Waals surface area contributed by atoms with Gasteiger partial charge in [-0.05, 0) is 77.3 Å². The lowest BCUT2D eigenvalue weighted by molar-refractivity contribution is 0.0670. The smallest absolute Gasteiger partial charge is 0.0194 e. The van der Waals surface area contributed by atoms with E-state index >= 15 is 0 Å². The van der Waals surface area contributed by atoms with Crippen LogP contribution < -0.4 is 21.3 Å². The number of hydrogen-bond donors (Lipinski definition) is 4. The van der Waals surface area contributed by atoms with Crippen molar-refractivity contribution in [3.8, 4) is 0 Å². The molecule has 4 N–H and O–H groups in total. The van der Waals surface area contributed by atoms with E-state index in [4.69, 9.17) is 0 Å². The topological polar surface area (TPSA) is 48.1 Å². The van der Waals surface area contributed by atoms with Crippen LogP contribution in [0.3, 0.4) is 0 Å². The van der Waals surface area contributed by atoms with E-state index in [0.29, 0.717) is 22.9 Å². The standard InChI is InChI=1S/C24H50N4/c1-21(2)17-25-18-22(3,4)20(21)27-14-12-10-9-11-13-26-19-15-23(5,6)28-24(7,8)16-19/h19-20,25-28H,9-18H2,1-8H3. The zero-order valence-corrected chi connectivity index (χ0v) is 20.2. The van der Waals surface area contributed by atoms with Gasteiger partial charge in [-0.2, -0.15) is 0 Å². The maximum Gasteiger partial charge on any atom is 0.0194 e. The molecule has 0 unspecified atom stereocenters. The first kappa shape index (κ1) is 24.1. The fraction of sp³-hybridized carbons (Fsp3) is 1.00. The molecule has 0 radical (unpaired) electrons. The van der Waals surface area contributed by atoms with Gasteiger partial charge in [-0.25, -0.2) is 0 Å². The SMILES string of the molecule is CC1(C)CC(NCCCCCCNC2C(C)(C)CNCC2(C)C)CC(C)(C)N1. The van der Waals surface area contributed by atoms with E-state index in [1.165, 1.54) is 45.1 Å². The van der Waals surface area contributed by atoms with E-state index in [1.54, 1.807) is 0 Å². The van der Waals surface area contributed by atoms with Crippen LogP contribution in [0.5, 0.6) is 0 Å². The van der Waals surface area contributed by atoms with E-state index < -0.39 is 0 Å². The number of hydrogen-bond acceptors (Lipinski definition) is 4. The zero-order valence-electron chi connectivity index (χ0n) is 20.2. The highest BCUT2D eigenvalue weighted by Gasteiger charge is 2.43.